The number of carboxylic acid groups (broad SMARTS) is 1. The van der Waals surface area contributed by atoms with Gasteiger partial charge in [0.25, 0.3) is 5.91 Å². The molecule has 3 N–H and O–H groups in total. The average Bonchev–Trinajstić information content (AvgIpc) is 2.94. The van der Waals surface area contributed by atoms with Gasteiger partial charge in [-0.1, -0.05) is 30.3 Å². The number of aliphatic hydroxyl groups is 1. The number of amides is 3. The van der Waals surface area contributed by atoms with Crippen LogP contribution in [0.1, 0.15) is 49.3 Å². The van der Waals surface area contributed by atoms with Gasteiger partial charge in [0.1, 0.15) is 11.7 Å². The van der Waals surface area contributed by atoms with Crippen LogP contribution in [-0.2, 0) is 20.7 Å². The lowest BCUT2D eigenvalue weighted by atomic mass is 10.1. The third kappa shape index (κ3) is 8.74. The lowest BCUT2D eigenvalue weighted by Gasteiger charge is -2.35. The minimum atomic E-state index is -1.10. The molecule has 3 amide bonds. The molecule has 1 aliphatic rings. The summed E-state index contributed by atoms with van der Waals surface area (Å²) in [6.45, 7) is 4.62. The fraction of sp³-hybridized carbons (Fsp3) is 0.481. The highest BCUT2D eigenvalue weighted by molar-refractivity contribution is 5.96. The molecule has 12 heteroatoms. The summed E-state index contributed by atoms with van der Waals surface area (Å²) in [5.74, 6) is -1.84. The van der Waals surface area contributed by atoms with Crippen molar-refractivity contribution in [2.75, 3.05) is 32.8 Å². The minimum Gasteiger partial charge on any atom is -0.481 e. The van der Waals surface area contributed by atoms with E-state index in [0.717, 1.165) is 0 Å². The topological polar surface area (TPSA) is 162 Å². The van der Waals surface area contributed by atoms with Crippen molar-refractivity contribution in [3.8, 4) is 11.4 Å². The first kappa shape index (κ1) is 29.5. The number of carboxylic acids is 1. The number of hydrogen-bond donors (Lipinski definition) is 3. The number of piperazine rings is 1. The number of rotatable bonds is 11. The second kappa shape index (κ2) is 14.2. The SMILES string of the molecule is CCOC(=O)N1CCN(C(=O)C(CCC(=O)O)NC(=O)c2cc(CCC(C)O)nc(-c3ccccc3)n2)CC1. The van der Waals surface area contributed by atoms with Crippen LogP contribution >= 0.6 is 0 Å². The highest BCUT2D eigenvalue weighted by Gasteiger charge is 2.31. The molecule has 2 unspecified atom stereocenters. The zero-order valence-corrected chi connectivity index (χ0v) is 22.2. The number of aliphatic hydroxyl groups excluding tert-OH is 1. The Labute approximate surface area is 227 Å². The minimum absolute atomic E-state index is 0.0321. The molecule has 0 aliphatic carbocycles. The van der Waals surface area contributed by atoms with E-state index in [-0.39, 0.29) is 51.3 Å². The molecule has 12 nitrogen and oxygen atoms in total. The molecule has 1 aliphatic heterocycles. The summed E-state index contributed by atoms with van der Waals surface area (Å²) < 4.78 is 5.01. The van der Waals surface area contributed by atoms with E-state index in [1.807, 2.05) is 30.3 Å². The summed E-state index contributed by atoms with van der Waals surface area (Å²) in [6.07, 6.45) is -0.595. The fourth-order valence-electron chi connectivity index (χ4n) is 4.12. The smallest absolute Gasteiger partial charge is 0.409 e. The van der Waals surface area contributed by atoms with Crippen molar-refractivity contribution >= 4 is 23.9 Å². The van der Waals surface area contributed by atoms with E-state index >= 15 is 0 Å². The average molecular weight is 542 g/mol. The van der Waals surface area contributed by atoms with E-state index in [1.165, 1.54) is 15.9 Å². The molecule has 3 rings (SSSR count). The van der Waals surface area contributed by atoms with Crippen LogP contribution in [-0.4, -0.2) is 98.8 Å². The molecule has 1 saturated heterocycles. The van der Waals surface area contributed by atoms with Gasteiger partial charge in [-0.3, -0.25) is 14.4 Å². The van der Waals surface area contributed by atoms with Crippen LogP contribution in [0, 0.1) is 0 Å². The highest BCUT2D eigenvalue weighted by Crippen LogP contribution is 2.17. The van der Waals surface area contributed by atoms with Gasteiger partial charge in [-0.15, -0.1) is 0 Å². The number of nitrogens with one attached hydrogen (secondary N) is 1. The van der Waals surface area contributed by atoms with Gasteiger partial charge in [0.2, 0.25) is 5.91 Å². The Balaban J connectivity index is 1.79. The number of nitrogens with zero attached hydrogens (tertiary/aromatic N) is 4. The second-order valence-electron chi connectivity index (χ2n) is 9.29. The molecule has 39 heavy (non-hydrogen) atoms. The van der Waals surface area contributed by atoms with Crippen molar-refractivity contribution in [3.63, 3.8) is 0 Å². The monoisotopic (exact) mass is 541 g/mol. The van der Waals surface area contributed by atoms with Crippen molar-refractivity contribution < 1.29 is 34.1 Å². The standard InChI is InChI=1S/C27H35N5O7/c1-3-39-27(38)32-15-13-31(14-16-32)26(37)21(11-12-23(34)35)30-25(36)22-17-20(10-9-18(2)33)28-24(29-22)19-7-5-4-6-8-19/h4-8,17-18,21,33H,3,9-16H2,1-2H3,(H,30,36)(H,34,35). The van der Waals surface area contributed by atoms with Crippen LogP contribution in [0.15, 0.2) is 36.4 Å². The number of aromatic nitrogens is 2. The maximum Gasteiger partial charge on any atom is 0.409 e. The molecule has 1 fully saturated rings. The second-order valence-corrected chi connectivity index (χ2v) is 9.29. The number of aliphatic carboxylic acids is 1. The van der Waals surface area contributed by atoms with Gasteiger partial charge in [-0.25, -0.2) is 14.8 Å². The Bertz CT molecular complexity index is 1150. The molecular weight excluding hydrogens is 506 g/mol. The Morgan fingerprint density at radius 1 is 1.03 bits per heavy atom. The van der Waals surface area contributed by atoms with Gasteiger partial charge in [0.05, 0.1) is 12.7 Å². The maximum absolute atomic E-state index is 13.3. The van der Waals surface area contributed by atoms with Crippen LogP contribution < -0.4 is 5.32 Å². The number of ether oxygens (including phenoxy) is 1. The number of hydrogen-bond acceptors (Lipinski definition) is 8. The summed E-state index contributed by atoms with van der Waals surface area (Å²) in [5, 5.41) is 21.6. The van der Waals surface area contributed by atoms with Gasteiger partial charge in [-0.2, -0.15) is 0 Å². The molecular formula is C27H35N5O7. The summed E-state index contributed by atoms with van der Waals surface area (Å²) in [5.41, 5.74) is 1.28. The number of carbonyl (C=O) groups excluding carboxylic acids is 3. The number of carbonyl (C=O) groups is 4. The summed E-state index contributed by atoms with van der Waals surface area (Å²) in [6, 6.07) is 9.53. The molecule has 0 spiro atoms. The molecule has 2 atom stereocenters. The van der Waals surface area contributed by atoms with Gasteiger partial charge in [0.15, 0.2) is 5.82 Å². The molecule has 210 valence electrons. The first-order valence-corrected chi connectivity index (χ1v) is 13.0. The van der Waals surface area contributed by atoms with Gasteiger partial charge < -0.3 is 30.1 Å². The van der Waals surface area contributed by atoms with Crippen LogP contribution in [0.5, 0.6) is 0 Å². The van der Waals surface area contributed by atoms with E-state index < -0.39 is 36.0 Å². The first-order chi connectivity index (χ1) is 18.7. The van der Waals surface area contributed by atoms with E-state index in [2.05, 4.69) is 15.3 Å². The summed E-state index contributed by atoms with van der Waals surface area (Å²) in [7, 11) is 0. The molecule has 0 saturated carbocycles. The van der Waals surface area contributed by atoms with Crippen LogP contribution in [0.25, 0.3) is 11.4 Å². The van der Waals surface area contributed by atoms with E-state index in [1.54, 1.807) is 13.8 Å². The lowest BCUT2D eigenvalue weighted by molar-refractivity contribution is -0.138. The van der Waals surface area contributed by atoms with Gasteiger partial charge in [-0.05, 0) is 39.2 Å². The molecule has 1 aromatic carbocycles. The van der Waals surface area contributed by atoms with Crippen LogP contribution in [0.3, 0.4) is 0 Å². The van der Waals surface area contributed by atoms with Crippen molar-refractivity contribution in [1.82, 2.24) is 25.1 Å². The van der Waals surface area contributed by atoms with Crippen molar-refractivity contribution in [2.24, 2.45) is 0 Å². The number of benzene rings is 1. The Kier molecular flexibility index (Phi) is 10.7. The zero-order chi connectivity index (χ0) is 28.4. The molecule has 2 aromatic rings. The van der Waals surface area contributed by atoms with Crippen molar-refractivity contribution in [2.45, 2.75) is 51.7 Å². The largest absolute Gasteiger partial charge is 0.481 e. The van der Waals surface area contributed by atoms with Crippen LogP contribution in [0.2, 0.25) is 0 Å². The van der Waals surface area contributed by atoms with E-state index in [4.69, 9.17) is 4.74 Å². The summed E-state index contributed by atoms with van der Waals surface area (Å²) in [4.78, 5) is 61.9. The van der Waals surface area contributed by atoms with Gasteiger partial charge in [0, 0.05) is 43.9 Å². The predicted octanol–water partition coefficient (Wildman–Crippen LogP) is 1.72. The predicted molar refractivity (Wildman–Crippen MR) is 141 cm³/mol. The molecule has 0 bridgehead atoms. The normalized spacial score (nSPS) is 14.8. The zero-order valence-electron chi connectivity index (χ0n) is 22.2. The molecule has 0 radical (unpaired) electrons. The Morgan fingerprint density at radius 2 is 1.69 bits per heavy atom. The fourth-order valence-corrected chi connectivity index (χ4v) is 4.12. The first-order valence-electron chi connectivity index (χ1n) is 13.0. The number of aryl methyl sites for hydroxylation is 1. The lowest BCUT2D eigenvalue weighted by Crippen LogP contribution is -2.56. The van der Waals surface area contributed by atoms with Crippen molar-refractivity contribution in [3.05, 3.63) is 47.8 Å². The quantitative estimate of drug-likeness (QED) is 0.384. The van der Waals surface area contributed by atoms with E-state index in [9.17, 15) is 29.4 Å². The third-order valence-electron chi connectivity index (χ3n) is 6.23. The van der Waals surface area contributed by atoms with Crippen molar-refractivity contribution in [1.29, 1.82) is 0 Å². The Hall–Kier alpha value is -4.06. The van der Waals surface area contributed by atoms with Crippen LogP contribution in [0.4, 0.5) is 4.79 Å². The Morgan fingerprint density at radius 3 is 2.31 bits per heavy atom. The van der Waals surface area contributed by atoms with E-state index in [0.29, 0.717) is 29.9 Å². The summed E-state index contributed by atoms with van der Waals surface area (Å²) >= 11 is 0. The maximum atomic E-state index is 13.3. The highest BCUT2D eigenvalue weighted by atomic mass is 16.6. The third-order valence-corrected chi connectivity index (χ3v) is 6.23. The molecule has 1 aromatic heterocycles. The molecule has 2 heterocycles. The van der Waals surface area contributed by atoms with Gasteiger partial charge >= 0.3 is 12.1 Å².